The lowest BCUT2D eigenvalue weighted by Crippen LogP contribution is -2.48. The number of ether oxygens (including phenoxy) is 1. The Labute approximate surface area is 164 Å². The lowest BCUT2D eigenvalue weighted by Gasteiger charge is -2.33. The third-order valence-corrected chi connectivity index (χ3v) is 4.92. The first-order chi connectivity index (χ1) is 13.7. The summed E-state index contributed by atoms with van der Waals surface area (Å²) in [7, 11) is 0. The Kier molecular flexibility index (Phi) is 5.43. The van der Waals surface area contributed by atoms with E-state index in [-0.39, 0.29) is 12.6 Å². The summed E-state index contributed by atoms with van der Waals surface area (Å²) >= 11 is 0. The summed E-state index contributed by atoms with van der Waals surface area (Å²) in [5, 5.41) is 4.38. The number of benzene rings is 1. The molecule has 0 N–H and O–H groups in total. The van der Waals surface area contributed by atoms with Crippen LogP contribution in [0.2, 0.25) is 0 Å². The molecule has 1 saturated heterocycles. The van der Waals surface area contributed by atoms with Gasteiger partial charge in [0.1, 0.15) is 11.5 Å². The zero-order valence-electron chi connectivity index (χ0n) is 16.0. The normalized spacial score (nSPS) is 15.0. The molecule has 0 spiro atoms. The summed E-state index contributed by atoms with van der Waals surface area (Å²) in [5.74, 6) is 1.73. The summed E-state index contributed by atoms with van der Waals surface area (Å²) < 4.78 is 12.8. The minimum atomic E-state index is -0.0349. The van der Waals surface area contributed by atoms with Gasteiger partial charge in [0.05, 0.1) is 12.8 Å². The molecule has 146 valence electrons. The fraction of sp³-hybridized carbons (Fsp3) is 0.333. The van der Waals surface area contributed by atoms with E-state index in [1.54, 1.807) is 23.2 Å². The topological polar surface area (TPSA) is 63.7 Å². The van der Waals surface area contributed by atoms with E-state index in [9.17, 15) is 4.79 Å². The van der Waals surface area contributed by atoms with E-state index in [0.717, 1.165) is 36.7 Å². The van der Waals surface area contributed by atoms with Crippen molar-refractivity contribution in [3.05, 3.63) is 71.9 Å². The molecule has 4 rings (SSSR count). The molecule has 1 aliphatic rings. The van der Waals surface area contributed by atoms with Gasteiger partial charge in [-0.15, -0.1) is 0 Å². The lowest BCUT2D eigenvalue weighted by molar-refractivity contribution is 0.0612. The molecule has 1 amide bonds. The first-order valence-corrected chi connectivity index (χ1v) is 9.45. The summed E-state index contributed by atoms with van der Waals surface area (Å²) in [5.41, 5.74) is 1.52. The van der Waals surface area contributed by atoms with Gasteiger partial charge in [-0.3, -0.25) is 9.69 Å². The number of nitrogens with zero attached hydrogens (tertiary/aromatic N) is 4. The summed E-state index contributed by atoms with van der Waals surface area (Å²) in [6.07, 6.45) is 3.47. The molecule has 7 heteroatoms. The van der Waals surface area contributed by atoms with E-state index >= 15 is 0 Å². The fourth-order valence-electron chi connectivity index (χ4n) is 3.30. The Morgan fingerprint density at radius 3 is 2.68 bits per heavy atom. The van der Waals surface area contributed by atoms with Crippen LogP contribution < -0.4 is 4.74 Å². The van der Waals surface area contributed by atoms with Crippen LogP contribution in [0.4, 0.5) is 0 Å². The van der Waals surface area contributed by atoms with Crippen molar-refractivity contribution in [3.8, 4) is 5.75 Å². The zero-order valence-corrected chi connectivity index (χ0v) is 16.0. The van der Waals surface area contributed by atoms with Crippen LogP contribution >= 0.6 is 0 Å². The number of carbonyl (C=O) groups is 1. The minimum Gasteiger partial charge on any atom is -0.471 e. The highest BCUT2D eigenvalue weighted by atomic mass is 16.5. The molecule has 1 fully saturated rings. The van der Waals surface area contributed by atoms with Crippen molar-refractivity contribution in [2.75, 3.05) is 26.2 Å². The van der Waals surface area contributed by atoms with Crippen LogP contribution in [0.1, 0.15) is 21.8 Å². The van der Waals surface area contributed by atoms with Gasteiger partial charge in [-0.1, -0.05) is 18.2 Å². The van der Waals surface area contributed by atoms with Crippen LogP contribution in [0.3, 0.4) is 0 Å². The molecule has 1 aliphatic heterocycles. The van der Waals surface area contributed by atoms with Crippen molar-refractivity contribution in [2.45, 2.75) is 20.2 Å². The van der Waals surface area contributed by atoms with Gasteiger partial charge in [0, 0.05) is 32.4 Å². The number of aromatic nitrogens is 2. The first kappa shape index (κ1) is 18.3. The molecular formula is C21H24N4O3. The van der Waals surface area contributed by atoms with Crippen molar-refractivity contribution in [1.82, 2.24) is 19.6 Å². The number of amides is 1. The summed E-state index contributed by atoms with van der Waals surface area (Å²) in [6, 6.07) is 13.5. The maximum Gasteiger partial charge on any atom is 0.274 e. The van der Waals surface area contributed by atoms with Gasteiger partial charge in [0.15, 0.2) is 12.4 Å². The second-order valence-electron chi connectivity index (χ2n) is 6.93. The van der Waals surface area contributed by atoms with Crippen LogP contribution in [0, 0.1) is 6.92 Å². The number of furan rings is 1. The highest BCUT2D eigenvalue weighted by Gasteiger charge is 2.24. The Bertz CT molecular complexity index is 911. The van der Waals surface area contributed by atoms with E-state index in [0.29, 0.717) is 18.8 Å². The van der Waals surface area contributed by atoms with Gasteiger partial charge in [0.25, 0.3) is 5.91 Å². The Morgan fingerprint density at radius 2 is 1.93 bits per heavy atom. The van der Waals surface area contributed by atoms with E-state index in [1.165, 1.54) is 0 Å². The molecule has 0 bridgehead atoms. The number of hydrogen-bond donors (Lipinski definition) is 0. The molecule has 0 aliphatic carbocycles. The Hall–Kier alpha value is -3.06. The Morgan fingerprint density at radius 1 is 1.11 bits per heavy atom. The van der Waals surface area contributed by atoms with E-state index in [2.05, 4.69) is 10.00 Å². The molecule has 2 aromatic heterocycles. The number of aryl methyl sites for hydroxylation is 1. The van der Waals surface area contributed by atoms with Crippen LogP contribution in [-0.4, -0.2) is 51.7 Å². The second kappa shape index (κ2) is 8.31. The molecule has 7 nitrogen and oxygen atoms in total. The number of carbonyl (C=O) groups excluding carboxylic acids is 1. The lowest BCUT2D eigenvalue weighted by atomic mass is 10.2. The maximum absolute atomic E-state index is 12.7. The van der Waals surface area contributed by atoms with Crippen molar-refractivity contribution < 1.29 is 13.9 Å². The summed E-state index contributed by atoms with van der Waals surface area (Å²) in [4.78, 5) is 16.9. The third-order valence-electron chi connectivity index (χ3n) is 4.92. The standard InChI is InChI=1S/C21H24N4O3/c1-17-5-2-3-7-20(17)28-16-25-9-8-19(22-25)21(26)24-12-10-23(11-13-24)15-18-6-4-14-27-18/h2-9,14H,10-13,15-16H2,1H3. The van der Waals surface area contributed by atoms with Gasteiger partial charge >= 0.3 is 0 Å². The molecule has 0 radical (unpaired) electrons. The van der Waals surface area contributed by atoms with Gasteiger partial charge in [-0.25, -0.2) is 4.68 Å². The zero-order chi connectivity index (χ0) is 19.3. The molecule has 3 aromatic rings. The monoisotopic (exact) mass is 380 g/mol. The highest BCUT2D eigenvalue weighted by molar-refractivity contribution is 5.92. The van der Waals surface area contributed by atoms with Crippen molar-refractivity contribution in [3.63, 3.8) is 0 Å². The molecule has 0 unspecified atom stereocenters. The molecular weight excluding hydrogens is 356 g/mol. The predicted octanol–water partition coefficient (Wildman–Crippen LogP) is 2.78. The maximum atomic E-state index is 12.7. The number of rotatable bonds is 6. The van der Waals surface area contributed by atoms with Gasteiger partial charge < -0.3 is 14.1 Å². The average Bonchev–Trinajstić information content (AvgIpc) is 3.39. The van der Waals surface area contributed by atoms with Crippen molar-refractivity contribution >= 4 is 5.91 Å². The Balaban J connectivity index is 1.29. The van der Waals surface area contributed by atoms with E-state index < -0.39 is 0 Å². The fourth-order valence-corrected chi connectivity index (χ4v) is 3.30. The molecule has 3 heterocycles. The van der Waals surface area contributed by atoms with Crippen LogP contribution in [0.15, 0.2) is 59.3 Å². The first-order valence-electron chi connectivity index (χ1n) is 9.45. The third kappa shape index (κ3) is 4.26. The quantitative estimate of drug-likeness (QED) is 0.658. The highest BCUT2D eigenvalue weighted by Crippen LogP contribution is 2.17. The van der Waals surface area contributed by atoms with Gasteiger partial charge in [-0.05, 0) is 36.8 Å². The number of para-hydroxylation sites is 1. The van der Waals surface area contributed by atoms with Crippen LogP contribution in [-0.2, 0) is 13.3 Å². The van der Waals surface area contributed by atoms with E-state index in [1.807, 2.05) is 48.2 Å². The van der Waals surface area contributed by atoms with Crippen LogP contribution in [0.5, 0.6) is 5.75 Å². The largest absolute Gasteiger partial charge is 0.471 e. The average molecular weight is 380 g/mol. The molecule has 1 aromatic carbocycles. The molecule has 0 saturated carbocycles. The van der Waals surface area contributed by atoms with Crippen molar-refractivity contribution in [2.24, 2.45) is 0 Å². The number of piperazine rings is 1. The molecule has 0 atom stereocenters. The number of hydrogen-bond acceptors (Lipinski definition) is 5. The van der Waals surface area contributed by atoms with Gasteiger partial charge in [0.2, 0.25) is 0 Å². The summed E-state index contributed by atoms with van der Waals surface area (Å²) in [6.45, 7) is 6.07. The van der Waals surface area contributed by atoms with E-state index in [4.69, 9.17) is 9.15 Å². The SMILES string of the molecule is Cc1ccccc1OCn1ccc(C(=O)N2CCN(Cc3ccco3)CC2)n1. The van der Waals surface area contributed by atoms with Crippen LogP contribution in [0.25, 0.3) is 0 Å². The van der Waals surface area contributed by atoms with Crippen molar-refractivity contribution in [1.29, 1.82) is 0 Å². The smallest absolute Gasteiger partial charge is 0.274 e. The molecule has 28 heavy (non-hydrogen) atoms. The van der Waals surface area contributed by atoms with Gasteiger partial charge in [-0.2, -0.15) is 5.10 Å². The predicted molar refractivity (Wildman–Crippen MR) is 104 cm³/mol. The minimum absolute atomic E-state index is 0.0349. The second-order valence-corrected chi connectivity index (χ2v) is 6.93.